The Bertz CT molecular complexity index is 1140. The molecule has 0 atom stereocenters. The standard InChI is InChI=1S/C22H28N4O4S.C2HF3O2/c1-22(2,3)24-19(27)14-25-8-10-26(11-9-25)17-7-6-15(13-16(17)21(29)30)23-20(28)18-5-4-12-31-18;3-2(4,5)1(6)7/h4-7,12-13H,8-11,14H2,1-3H3,(H,23,28)(H,24,27)(H,29,30);(H,6,7). The molecule has 2 amide bonds. The van der Waals surface area contributed by atoms with E-state index in [1.807, 2.05) is 31.1 Å². The highest BCUT2D eigenvalue weighted by Gasteiger charge is 2.38. The van der Waals surface area contributed by atoms with Crippen LogP contribution in [-0.4, -0.2) is 83.3 Å². The molecular weight excluding hydrogens is 529 g/mol. The smallest absolute Gasteiger partial charge is 0.478 e. The summed E-state index contributed by atoms with van der Waals surface area (Å²) in [7, 11) is 0. The monoisotopic (exact) mass is 558 g/mol. The number of piperazine rings is 1. The molecule has 0 unspecified atom stereocenters. The number of carbonyl (C=O) groups is 4. The van der Waals surface area contributed by atoms with Gasteiger partial charge in [-0.05, 0) is 50.4 Å². The molecule has 208 valence electrons. The number of carbonyl (C=O) groups excluding carboxylic acids is 2. The molecule has 2 heterocycles. The fourth-order valence-corrected chi connectivity index (χ4v) is 4.09. The van der Waals surface area contributed by atoms with Crippen LogP contribution in [0.15, 0.2) is 35.7 Å². The minimum Gasteiger partial charge on any atom is -0.478 e. The van der Waals surface area contributed by atoms with Crippen molar-refractivity contribution in [3.8, 4) is 0 Å². The van der Waals surface area contributed by atoms with Gasteiger partial charge in [-0.1, -0.05) is 6.07 Å². The van der Waals surface area contributed by atoms with Gasteiger partial charge in [-0.3, -0.25) is 14.5 Å². The molecule has 1 aromatic carbocycles. The van der Waals surface area contributed by atoms with Crippen LogP contribution >= 0.6 is 11.3 Å². The first-order valence-electron chi connectivity index (χ1n) is 11.4. The second kappa shape index (κ2) is 12.7. The number of carboxylic acid groups (broad SMARTS) is 2. The molecule has 1 aliphatic rings. The number of benzene rings is 1. The van der Waals surface area contributed by atoms with Gasteiger partial charge in [0.2, 0.25) is 5.91 Å². The van der Waals surface area contributed by atoms with E-state index in [9.17, 15) is 32.7 Å². The number of aliphatic carboxylic acids is 1. The van der Waals surface area contributed by atoms with E-state index in [-0.39, 0.29) is 22.9 Å². The second-order valence-corrected chi connectivity index (χ2v) is 10.3. The fourth-order valence-electron chi connectivity index (χ4n) is 3.47. The molecule has 1 saturated heterocycles. The van der Waals surface area contributed by atoms with Crippen LogP contribution in [0, 0.1) is 0 Å². The summed E-state index contributed by atoms with van der Waals surface area (Å²) in [4.78, 5) is 49.8. The van der Waals surface area contributed by atoms with Crippen molar-refractivity contribution in [1.29, 1.82) is 0 Å². The molecule has 4 N–H and O–H groups in total. The van der Waals surface area contributed by atoms with Gasteiger partial charge >= 0.3 is 18.1 Å². The molecule has 10 nitrogen and oxygen atoms in total. The largest absolute Gasteiger partial charge is 0.490 e. The zero-order valence-corrected chi connectivity index (χ0v) is 21.8. The highest BCUT2D eigenvalue weighted by molar-refractivity contribution is 7.12. The average Bonchev–Trinajstić information content (AvgIpc) is 3.33. The van der Waals surface area contributed by atoms with Crippen LogP contribution in [0.1, 0.15) is 40.8 Å². The Hall–Kier alpha value is -3.65. The van der Waals surface area contributed by atoms with E-state index < -0.39 is 18.1 Å². The number of aromatic carboxylic acids is 1. The fraction of sp³-hybridized carbons (Fsp3) is 0.417. The van der Waals surface area contributed by atoms with E-state index in [2.05, 4.69) is 15.5 Å². The average molecular weight is 559 g/mol. The number of thiophene rings is 1. The lowest BCUT2D eigenvalue weighted by Crippen LogP contribution is -2.52. The number of anilines is 2. The van der Waals surface area contributed by atoms with Gasteiger partial charge < -0.3 is 25.7 Å². The molecule has 1 fully saturated rings. The highest BCUT2D eigenvalue weighted by Crippen LogP contribution is 2.26. The Labute approximate surface area is 221 Å². The summed E-state index contributed by atoms with van der Waals surface area (Å²) < 4.78 is 31.7. The van der Waals surface area contributed by atoms with Crippen LogP contribution in [0.3, 0.4) is 0 Å². The molecule has 1 aliphatic heterocycles. The maximum absolute atomic E-state index is 12.3. The quantitative estimate of drug-likeness (QED) is 0.423. The van der Waals surface area contributed by atoms with E-state index in [1.165, 1.54) is 17.4 Å². The van der Waals surface area contributed by atoms with Gasteiger partial charge in [-0.25, -0.2) is 9.59 Å². The summed E-state index contributed by atoms with van der Waals surface area (Å²) >= 11 is 1.32. The normalized spacial score (nSPS) is 14.2. The van der Waals surface area contributed by atoms with Crippen molar-refractivity contribution in [3.63, 3.8) is 0 Å². The van der Waals surface area contributed by atoms with Gasteiger partial charge in [0, 0.05) is 37.4 Å². The van der Waals surface area contributed by atoms with Crippen molar-refractivity contribution in [3.05, 3.63) is 46.2 Å². The summed E-state index contributed by atoms with van der Waals surface area (Å²) in [6.45, 7) is 8.72. The number of nitrogens with one attached hydrogen (secondary N) is 2. The van der Waals surface area contributed by atoms with E-state index in [4.69, 9.17) is 9.90 Å². The molecule has 0 spiro atoms. The number of carboxylic acids is 2. The second-order valence-electron chi connectivity index (χ2n) is 9.33. The van der Waals surface area contributed by atoms with Crippen LogP contribution < -0.4 is 15.5 Å². The molecule has 14 heteroatoms. The summed E-state index contributed by atoms with van der Waals surface area (Å²) in [5.41, 5.74) is 0.927. The topological polar surface area (TPSA) is 139 Å². The Morgan fingerprint density at radius 2 is 1.61 bits per heavy atom. The molecule has 38 heavy (non-hydrogen) atoms. The lowest BCUT2D eigenvalue weighted by Gasteiger charge is -2.36. The minimum atomic E-state index is -5.08. The SMILES string of the molecule is CC(C)(C)NC(=O)CN1CCN(c2ccc(NC(=O)c3cccs3)cc2C(=O)O)CC1.O=C(O)C(F)(F)F. The van der Waals surface area contributed by atoms with Gasteiger partial charge in [-0.2, -0.15) is 13.2 Å². The molecule has 1 aromatic heterocycles. The Morgan fingerprint density at radius 1 is 1.00 bits per heavy atom. The number of hydrogen-bond donors (Lipinski definition) is 4. The molecule has 0 aliphatic carbocycles. The number of alkyl halides is 3. The summed E-state index contributed by atoms with van der Waals surface area (Å²) in [5.74, 6) is -4.08. The third kappa shape index (κ3) is 9.67. The first-order valence-corrected chi connectivity index (χ1v) is 12.3. The van der Waals surface area contributed by atoms with E-state index in [1.54, 1.807) is 24.3 Å². The summed E-state index contributed by atoms with van der Waals surface area (Å²) in [6, 6.07) is 8.45. The zero-order chi connectivity index (χ0) is 28.7. The van der Waals surface area contributed by atoms with Gasteiger partial charge in [0.1, 0.15) is 0 Å². The van der Waals surface area contributed by atoms with Crippen LogP contribution in [0.5, 0.6) is 0 Å². The van der Waals surface area contributed by atoms with Crippen molar-refractivity contribution in [2.45, 2.75) is 32.5 Å². The van der Waals surface area contributed by atoms with Crippen LogP contribution in [0.25, 0.3) is 0 Å². The third-order valence-corrected chi connectivity index (χ3v) is 5.94. The predicted octanol–water partition coefficient (Wildman–Crippen LogP) is 3.37. The Morgan fingerprint density at radius 3 is 2.08 bits per heavy atom. The first-order chi connectivity index (χ1) is 17.6. The van der Waals surface area contributed by atoms with Crippen molar-refractivity contribution < 1.29 is 42.6 Å². The van der Waals surface area contributed by atoms with Crippen LogP contribution in [0.2, 0.25) is 0 Å². The molecular formula is C24H29F3N4O6S. The highest BCUT2D eigenvalue weighted by atomic mass is 32.1. The number of amides is 2. The minimum absolute atomic E-state index is 0.0157. The van der Waals surface area contributed by atoms with Crippen LogP contribution in [-0.2, 0) is 9.59 Å². The van der Waals surface area contributed by atoms with Crippen LogP contribution in [0.4, 0.5) is 24.5 Å². The van der Waals surface area contributed by atoms with E-state index >= 15 is 0 Å². The third-order valence-electron chi connectivity index (χ3n) is 5.07. The van der Waals surface area contributed by atoms with Gasteiger partial charge in [0.25, 0.3) is 5.91 Å². The molecule has 2 aromatic rings. The van der Waals surface area contributed by atoms with Gasteiger partial charge in [0.15, 0.2) is 0 Å². The summed E-state index contributed by atoms with van der Waals surface area (Å²) in [5, 5.41) is 24.4. The number of hydrogen-bond acceptors (Lipinski definition) is 7. The number of halogens is 3. The van der Waals surface area contributed by atoms with Crippen molar-refractivity contribution in [1.82, 2.24) is 10.2 Å². The molecule has 0 bridgehead atoms. The Balaban J connectivity index is 0.000000638. The maximum Gasteiger partial charge on any atom is 0.490 e. The summed E-state index contributed by atoms with van der Waals surface area (Å²) in [6.07, 6.45) is -5.08. The van der Waals surface area contributed by atoms with E-state index in [0.29, 0.717) is 49.0 Å². The maximum atomic E-state index is 12.3. The van der Waals surface area contributed by atoms with Gasteiger partial charge in [0.05, 0.1) is 22.7 Å². The lowest BCUT2D eigenvalue weighted by atomic mass is 10.1. The van der Waals surface area contributed by atoms with Crippen molar-refractivity contribution in [2.75, 3.05) is 42.9 Å². The molecule has 0 radical (unpaired) electrons. The molecule has 3 rings (SSSR count). The van der Waals surface area contributed by atoms with Crippen molar-refractivity contribution >= 4 is 46.5 Å². The van der Waals surface area contributed by atoms with Crippen molar-refractivity contribution in [2.24, 2.45) is 0 Å². The zero-order valence-electron chi connectivity index (χ0n) is 21.0. The number of nitrogens with zero attached hydrogens (tertiary/aromatic N) is 2. The first kappa shape index (κ1) is 30.6. The van der Waals surface area contributed by atoms with E-state index in [0.717, 1.165) is 0 Å². The Kier molecular flexibility index (Phi) is 10.2. The molecule has 0 saturated carbocycles. The lowest BCUT2D eigenvalue weighted by molar-refractivity contribution is -0.192. The van der Waals surface area contributed by atoms with Gasteiger partial charge in [-0.15, -0.1) is 11.3 Å². The predicted molar refractivity (Wildman–Crippen MR) is 136 cm³/mol. The number of rotatable bonds is 6.